The lowest BCUT2D eigenvalue weighted by molar-refractivity contribution is -0.128. The lowest BCUT2D eigenvalue weighted by Crippen LogP contribution is -2.49. The van der Waals surface area contributed by atoms with E-state index in [2.05, 4.69) is 10.5 Å². The van der Waals surface area contributed by atoms with Crippen molar-refractivity contribution < 1.29 is 10.0 Å². The smallest absolute Gasteiger partial charge is 0.234 e. The molecule has 0 bridgehead atoms. The van der Waals surface area contributed by atoms with Crippen molar-refractivity contribution in [3.05, 3.63) is 21.3 Å². The molecule has 1 aromatic heterocycles. The maximum absolute atomic E-state index is 12.3. The summed E-state index contributed by atoms with van der Waals surface area (Å²) in [5, 5.41) is 14.6. The van der Waals surface area contributed by atoms with Gasteiger partial charge in [0.15, 0.2) is 5.84 Å². The molecule has 4 N–H and O–H groups in total. The molecule has 0 saturated carbocycles. The van der Waals surface area contributed by atoms with Crippen molar-refractivity contribution in [1.29, 1.82) is 0 Å². The van der Waals surface area contributed by atoms with E-state index in [0.717, 1.165) is 4.88 Å². The van der Waals surface area contributed by atoms with Gasteiger partial charge in [0.05, 0.1) is 10.9 Å². The number of carbonyl (C=O) groups excluding carboxylic acids is 1. The monoisotopic (exact) mass is 303 g/mol. The highest BCUT2D eigenvalue weighted by Crippen LogP contribution is 2.27. The number of nitrogens with one attached hydrogen (secondary N) is 1. The second kappa shape index (κ2) is 6.77. The van der Waals surface area contributed by atoms with Crippen LogP contribution in [-0.4, -0.2) is 17.0 Å². The molecule has 0 aliphatic carbocycles. The van der Waals surface area contributed by atoms with Gasteiger partial charge in [0.1, 0.15) is 5.41 Å². The van der Waals surface area contributed by atoms with Gasteiger partial charge >= 0.3 is 0 Å². The molecule has 19 heavy (non-hydrogen) atoms. The maximum atomic E-state index is 12.3. The third-order valence-electron chi connectivity index (χ3n) is 3.29. The van der Waals surface area contributed by atoms with Gasteiger partial charge in [-0.15, -0.1) is 11.3 Å². The number of thiophene rings is 1. The molecule has 1 aromatic rings. The Balaban J connectivity index is 2.78. The molecule has 0 radical (unpaired) electrons. The predicted molar refractivity (Wildman–Crippen MR) is 77.6 cm³/mol. The van der Waals surface area contributed by atoms with Crippen molar-refractivity contribution in [2.24, 2.45) is 16.3 Å². The van der Waals surface area contributed by atoms with Crippen LogP contribution < -0.4 is 11.1 Å². The van der Waals surface area contributed by atoms with Gasteiger partial charge in [-0.05, 0) is 25.0 Å². The molecule has 5 nitrogen and oxygen atoms in total. The molecular formula is C12H18ClN3O2S. The van der Waals surface area contributed by atoms with Crippen LogP contribution in [0.25, 0.3) is 0 Å². The summed E-state index contributed by atoms with van der Waals surface area (Å²) < 4.78 is 0.679. The number of hydrogen-bond donors (Lipinski definition) is 3. The van der Waals surface area contributed by atoms with E-state index in [4.69, 9.17) is 22.5 Å². The molecule has 7 heteroatoms. The van der Waals surface area contributed by atoms with Crippen molar-refractivity contribution in [2.75, 3.05) is 0 Å². The summed E-state index contributed by atoms with van der Waals surface area (Å²) in [5.74, 6) is -0.295. The summed E-state index contributed by atoms with van der Waals surface area (Å²) in [7, 11) is 0. The first-order valence-electron chi connectivity index (χ1n) is 6.00. The molecule has 1 rings (SSSR count). The maximum Gasteiger partial charge on any atom is 0.234 e. The third kappa shape index (κ3) is 3.39. The number of rotatable bonds is 6. The Labute approximate surface area is 121 Å². The van der Waals surface area contributed by atoms with Gasteiger partial charge in [0.25, 0.3) is 0 Å². The molecule has 0 aromatic carbocycles. The van der Waals surface area contributed by atoms with E-state index in [1.165, 1.54) is 11.3 Å². The van der Waals surface area contributed by atoms with Crippen LogP contribution in [0.2, 0.25) is 4.34 Å². The Kier molecular flexibility index (Phi) is 5.62. The highest BCUT2D eigenvalue weighted by atomic mass is 35.5. The average molecular weight is 304 g/mol. The number of amides is 1. The Morgan fingerprint density at radius 2 is 2.16 bits per heavy atom. The highest BCUT2D eigenvalue weighted by Gasteiger charge is 2.39. The second-order valence-electron chi connectivity index (χ2n) is 4.16. The lowest BCUT2D eigenvalue weighted by atomic mass is 9.80. The summed E-state index contributed by atoms with van der Waals surface area (Å²) in [6.45, 7) is 4.06. The molecule has 0 unspecified atom stereocenters. The molecule has 0 atom stereocenters. The van der Waals surface area contributed by atoms with Gasteiger partial charge in [-0.25, -0.2) is 0 Å². The summed E-state index contributed by atoms with van der Waals surface area (Å²) in [6, 6.07) is 3.64. The molecular weight excluding hydrogens is 286 g/mol. The largest absolute Gasteiger partial charge is 0.409 e. The quantitative estimate of drug-likeness (QED) is 0.327. The minimum Gasteiger partial charge on any atom is -0.409 e. The third-order valence-corrected chi connectivity index (χ3v) is 4.52. The molecule has 106 valence electrons. The molecule has 1 amide bonds. The fourth-order valence-corrected chi connectivity index (χ4v) is 2.96. The number of hydrogen-bond acceptors (Lipinski definition) is 4. The number of amidine groups is 1. The molecule has 1 heterocycles. The van der Waals surface area contributed by atoms with Crippen molar-refractivity contribution in [3.8, 4) is 0 Å². The zero-order chi connectivity index (χ0) is 14.5. The van der Waals surface area contributed by atoms with E-state index in [1.54, 1.807) is 6.07 Å². The molecule has 0 fully saturated rings. The predicted octanol–water partition coefficient (Wildman–Crippen LogP) is 2.57. The minimum atomic E-state index is -0.962. The zero-order valence-electron chi connectivity index (χ0n) is 10.9. The molecule has 0 aliphatic heterocycles. The van der Waals surface area contributed by atoms with Gasteiger partial charge in [0.2, 0.25) is 5.91 Å². The summed E-state index contributed by atoms with van der Waals surface area (Å²) in [5.41, 5.74) is 4.71. The van der Waals surface area contributed by atoms with Gasteiger partial charge in [0, 0.05) is 4.88 Å². The number of carbonyl (C=O) groups is 1. The summed E-state index contributed by atoms with van der Waals surface area (Å²) in [4.78, 5) is 13.3. The van der Waals surface area contributed by atoms with Crippen molar-refractivity contribution in [1.82, 2.24) is 5.32 Å². The van der Waals surface area contributed by atoms with Crippen molar-refractivity contribution >= 4 is 34.7 Å². The number of oxime groups is 1. The Hall–Kier alpha value is -1.27. The lowest BCUT2D eigenvalue weighted by Gasteiger charge is -2.28. The van der Waals surface area contributed by atoms with E-state index in [1.807, 2.05) is 19.9 Å². The number of nitrogens with zero attached hydrogens (tertiary/aromatic N) is 1. The van der Waals surface area contributed by atoms with E-state index >= 15 is 0 Å². The Morgan fingerprint density at radius 3 is 2.58 bits per heavy atom. The van der Waals surface area contributed by atoms with Crippen LogP contribution in [-0.2, 0) is 11.3 Å². The van der Waals surface area contributed by atoms with Gasteiger partial charge < -0.3 is 16.3 Å². The van der Waals surface area contributed by atoms with E-state index in [0.29, 0.717) is 23.7 Å². The van der Waals surface area contributed by atoms with Gasteiger partial charge in [-0.2, -0.15) is 0 Å². The van der Waals surface area contributed by atoms with Crippen molar-refractivity contribution in [2.45, 2.75) is 33.2 Å². The zero-order valence-corrected chi connectivity index (χ0v) is 12.5. The van der Waals surface area contributed by atoms with Gasteiger partial charge in [-0.3, -0.25) is 4.79 Å². The fraction of sp³-hybridized carbons (Fsp3) is 0.500. The summed E-state index contributed by atoms with van der Waals surface area (Å²) >= 11 is 7.24. The van der Waals surface area contributed by atoms with Crippen LogP contribution in [0.1, 0.15) is 31.6 Å². The van der Waals surface area contributed by atoms with E-state index in [-0.39, 0.29) is 11.7 Å². The first kappa shape index (κ1) is 15.8. The minimum absolute atomic E-state index is 0.0563. The molecule has 0 aliphatic rings. The molecule has 0 spiro atoms. The fourth-order valence-electron chi connectivity index (χ4n) is 1.93. The van der Waals surface area contributed by atoms with Crippen LogP contribution in [0.4, 0.5) is 0 Å². The average Bonchev–Trinajstić information content (AvgIpc) is 2.83. The van der Waals surface area contributed by atoms with Gasteiger partial charge in [-0.1, -0.05) is 30.6 Å². The van der Waals surface area contributed by atoms with E-state index in [9.17, 15) is 4.79 Å². The first-order chi connectivity index (χ1) is 9.00. The van der Waals surface area contributed by atoms with Crippen LogP contribution in [0, 0.1) is 5.41 Å². The SMILES string of the molecule is CCC(CC)(C(=O)NCc1ccc(Cl)s1)C(N)=NO. The van der Waals surface area contributed by atoms with Crippen LogP contribution >= 0.6 is 22.9 Å². The second-order valence-corrected chi connectivity index (χ2v) is 5.96. The van der Waals surface area contributed by atoms with Crippen LogP contribution in [0.15, 0.2) is 17.3 Å². The van der Waals surface area contributed by atoms with Crippen molar-refractivity contribution in [3.63, 3.8) is 0 Å². The standard InChI is InChI=1S/C12H18ClN3O2S/c1-3-12(4-2,10(14)16-18)11(17)15-7-8-5-6-9(13)19-8/h5-6,18H,3-4,7H2,1-2H3,(H2,14,16)(H,15,17). The highest BCUT2D eigenvalue weighted by molar-refractivity contribution is 7.16. The van der Waals surface area contributed by atoms with E-state index < -0.39 is 5.41 Å². The number of halogens is 1. The topological polar surface area (TPSA) is 87.7 Å². The van der Waals surface area contributed by atoms with Crippen LogP contribution in [0.3, 0.4) is 0 Å². The first-order valence-corrected chi connectivity index (χ1v) is 7.20. The number of nitrogens with two attached hydrogens (primary N) is 1. The molecule has 0 saturated heterocycles. The Bertz CT molecular complexity index is 469. The van der Waals surface area contributed by atoms with Crippen LogP contribution in [0.5, 0.6) is 0 Å². The normalized spacial score (nSPS) is 12.5. The summed E-state index contributed by atoms with van der Waals surface area (Å²) in [6.07, 6.45) is 0.937. The Morgan fingerprint density at radius 1 is 1.53 bits per heavy atom.